The van der Waals surface area contributed by atoms with Crippen LogP contribution in [0.4, 0.5) is 8.78 Å². The summed E-state index contributed by atoms with van der Waals surface area (Å²) in [5.41, 5.74) is -0.0594. The highest BCUT2D eigenvalue weighted by Gasteiger charge is 2.37. The van der Waals surface area contributed by atoms with Gasteiger partial charge in [0.15, 0.2) is 5.69 Å². The third-order valence-electron chi connectivity index (χ3n) is 3.61. The Bertz CT molecular complexity index is 520. The molecular weight excluding hydrogens is 284 g/mol. The molecule has 1 saturated carbocycles. The first-order valence-electron chi connectivity index (χ1n) is 6.78. The minimum absolute atomic E-state index is 0.0594. The third-order valence-corrected chi connectivity index (χ3v) is 3.61. The standard InChI is InChI=1S/C13H17F2N3O3/c14-13(15)3-1-9(2-4-13)11(19)16-5-6-18-7-10(12(20)21)17-8-18/h7-9H,1-6H2,(H,16,19)(H,20,21). The Hall–Kier alpha value is -1.99. The number of aromatic nitrogens is 2. The summed E-state index contributed by atoms with van der Waals surface area (Å²) in [6, 6.07) is 0. The predicted molar refractivity (Wildman–Crippen MR) is 69.1 cm³/mol. The summed E-state index contributed by atoms with van der Waals surface area (Å²) in [5, 5.41) is 11.4. The van der Waals surface area contributed by atoms with Crippen LogP contribution in [0, 0.1) is 5.92 Å². The van der Waals surface area contributed by atoms with Gasteiger partial charge in [-0.05, 0) is 12.8 Å². The van der Waals surface area contributed by atoms with Gasteiger partial charge in [-0.1, -0.05) is 0 Å². The third kappa shape index (κ3) is 4.24. The van der Waals surface area contributed by atoms with Gasteiger partial charge in [-0.3, -0.25) is 4.79 Å². The van der Waals surface area contributed by atoms with E-state index >= 15 is 0 Å². The maximum absolute atomic E-state index is 13.0. The fourth-order valence-electron chi connectivity index (χ4n) is 2.35. The molecule has 1 aromatic heterocycles. The summed E-state index contributed by atoms with van der Waals surface area (Å²) in [5.74, 6) is -4.33. The van der Waals surface area contributed by atoms with Crippen molar-refractivity contribution >= 4 is 11.9 Å². The summed E-state index contributed by atoms with van der Waals surface area (Å²) < 4.78 is 27.5. The molecule has 1 aromatic rings. The van der Waals surface area contributed by atoms with Crippen molar-refractivity contribution in [3.63, 3.8) is 0 Å². The number of amides is 1. The van der Waals surface area contributed by atoms with Crippen molar-refractivity contribution < 1.29 is 23.5 Å². The van der Waals surface area contributed by atoms with E-state index in [9.17, 15) is 18.4 Å². The summed E-state index contributed by atoms with van der Waals surface area (Å²) in [6.45, 7) is 0.691. The van der Waals surface area contributed by atoms with E-state index in [1.807, 2.05) is 0 Å². The Morgan fingerprint density at radius 3 is 2.67 bits per heavy atom. The summed E-state index contributed by atoms with van der Waals surface area (Å²) in [4.78, 5) is 26.2. The van der Waals surface area contributed by atoms with E-state index in [0.29, 0.717) is 13.1 Å². The average Bonchev–Trinajstić information content (AvgIpc) is 2.87. The van der Waals surface area contributed by atoms with Crippen molar-refractivity contribution in [3.05, 3.63) is 18.2 Å². The Balaban J connectivity index is 1.73. The molecule has 0 radical (unpaired) electrons. The first kappa shape index (κ1) is 15.4. The number of nitrogens with one attached hydrogen (secondary N) is 1. The number of hydrogen-bond donors (Lipinski definition) is 2. The highest BCUT2D eigenvalue weighted by atomic mass is 19.3. The van der Waals surface area contributed by atoms with Gasteiger partial charge in [0.25, 0.3) is 0 Å². The summed E-state index contributed by atoms with van der Waals surface area (Å²) in [7, 11) is 0. The lowest BCUT2D eigenvalue weighted by Crippen LogP contribution is -2.37. The molecule has 0 aromatic carbocycles. The van der Waals surface area contributed by atoms with Gasteiger partial charge in [0, 0.05) is 38.0 Å². The van der Waals surface area contributed by atoms with E-state index in [-0.39, 0.29) is 43.2 Å². The fourth-order valence-corrected chi connectivity index (χ4v) is 2.35. The molecule has 2 N–H and O–H groups in total. The summed E-state index contributed by atoms with van der Waals surface area (Å²) >= 11 is 0. The average molecular weight is 301 g/mol. The highest BCUT2D eigenvalue weighted by molar-refractivity contribution is 5.84. The fraction of sp³-hybridized carbons (Fsp3) is 0.615. The number of hydrogen-bond acceptors (Lipinski definition) is 3. The zero-order chi connectivity index (χ0) is 15.5. The number of nitrogens with zero attached hydrogens (tertiary/aromatic N) is 2. The number of halogens is 2. The Labute approximate surface area is 120 Å². The van der Waals surface area contributed by atoms with Crippen molar-refractivity contribution in [3.8, 4) is 0 Å². The molecule has 21 heavy (non-hydrogen) atoms. The van der Waals surface area contributed by atoms with E-state index in [1.165, 1.54) is 12.5 Å². The molecule has 8 heteroatoms. The molecule has 0 unspecified atom stereocenters. The van der Waals surface area contributed by atoms with Crippen LogP contribution in [0.3, 0.4) is 0 Å². The number of carboxylic acids is 1. The van der Waals surface area contributed by atoms with Crippen molar-refractivity contribution in [2.75, 3.05) is 6.54 Å². The lowest BCUT2D eigenvalue weighted by Gasteiger charge is -2.27. The number of aromatic carboxylic acids is 1. The van der Waals surface area contributed by atoms with E-state index in [2.05, 4.69) is 10.3 Å². The first-order chi connectivity index (χ1) is 9.87. The molecule has 2 rings (SSSR count). The van der Waals surface area contributed by atoms with Gasteiger partial charge in [0.2, 0.25) is 11.8 Å². The Morgan fingerprint density at radius 2 is 2.10 bits per heavy atom. The molecule has 1 heterocycles. The van der Waals surface area contributed by atoms with Crippen LogP contribution in [0.2, 0.25) is 0 Å². The van der Waals surface area contributed by atoms with Crippen LogP contribution in [0.1, 0.15) is 36.2 Å². The molecule has 1 amide bonds. The topological polar surface area (TPSA) is 84.2 Å². The second kappa shape index (κ2) is 6.19. The van der Waals surface area contributed by atoms with Gasteiger partial charge >= 0.3 is 5.97 Å². The second-order valence-electron chi connectivity index (χ2n) is 5.22. The van der Waals surface area contributed by atoms with Gasteiger partial charge in [-0.2, -0.15) is 0 Å². The van der Waals surface area contributed by atoms with E-state index in [0.717, 1.165) is 0 Å². The number of carbonyl (C=O) groups excluding carboxylic acids is 1. The Kier molecular flexibility index (Phi) is 4.54. The van der Waals surface area contributed by atoms with Crippen LogP contribution >= 0.6 is 0 Å². The van der Waals surface area contributed by atoms with Gasteiger partial charge in [-0.25, -0.2) is 18.6 Å². The number of carbonyl (C=O) groups is 2. The quantitative estimate of drug-likeness (QED) is 0.863. The monoisotopic (exact) mass is 301 g/mol. The molecule has 1 fully saturated rings. The lowest BCUT2D eigenvalue weighted by atomic mass is 9.86. The maximum atomic E-state index is 13.0. The molecule has 0 aliphatic heterocycles. The highest BCUT2D eigenvalue weighted by Crippen LogP contribution is 2.36. The predicted octanol–water partition coefficient (Wildman–Crippen LogP) is 1.52. The van der Waals surface area contributed by atoms with Crippen LogP contribution in [-0.2, 0) is 11.3 Å². The number of imidazole rings is 1. The molecule has 1 aliphatic carbocycles. The molecule has 6 nitrogen and oxygen atoms in total. The zero-order valence-electron chi connectivity index (χ0n) is 11.4. The molecule has 1 aliphatic rings. The molecule has 0 atom stereocenters. The maximum Gasteiger partial charge on any atom is 0.356 e. The van der Waals surface area contributed by atoms with Gasteiger partial charge < -0.3 is 15.0 Å². The minimum atomic E-state index is -2.64. The lowest BCUT2D eigenvalue weighted by molar-refractivity contribution is -0.129. The van der Waals surface area contributed by atoms with E-state index in [1.54, 1.807) is 4.57 Å². The molecular formula is C13H17F2N3O3. The van der Waals surface area contributed by atoms with Crippen molar-refractivity contribution in [1.82, 2.24) is 14.9 Å². The van der Waals surface area contributed by atoms with Crippen molar-refractivity contribution in [1.29, 1.82) is 0 Å². The van der Waals surface area contributed by atoms with E-state index < -0.39 is 11.9 Å². The van der Waals surface area contributed by atoms with Crippen molar-refractivity contribution in [2.24, 2.45) is 5.92 Å². The largest absolute Gasteiger partial charge is 0.476 e. The minimum Gasteiger partial charge on any atom is -0.476 e. The van der Waals surface area contributed by atoms with Crippen LogP contribution in [0.5, 0.6) is 0 Å². The Morgan fingerprint density at radius 1 is 1.43 bits per heavy atom. The first-order valence-corrected chi connectivity index (χ1v) is 6.78. The zero-order valence-corrected chi connectivity index (χ0v) is 11.4. The van der Waals surface area contributed by atoms with Crippen molar-refractivity contribution in [2.45, 2.75) is 38.2 Å². The summed E-state index contributed by atoms with van der Waals surface area (Å²) in [6.07, 6.45) is 2.66. The van der Waals surface area contributed by atoms with Crippen LogP contribution in [-0.4, -0.2) is 39.0 Å². The number of carboxylic acid groups (broad SMARTS) is 1. The van der Waals surface area contributed by atoms with Crippen LogP contribution < -0.4 is 5.32 Å². The number of alkyl halides is 2. The normalized spacial score (nSPS) is 18.4. The molecule has 0 bridgehead atoms. The van der Waals surface area contributed by atoms with Gasteiger partial charge in [-0.15, -0.1) is 0 Å². The van der Waals surface area contributed by atoms with Crippen LogP contribution in [0.15, 0.2) is 12.5 Å². The molecule has 0 spiro atoms. The van der Waals surface area contributed by atoms with Crippen LogP contribution in [0.25, 0.3) is 0 Å². The smallest absolute Gasteiger partial charge is 0.356 e. The SMILES string of the molecule is O=C(O)c1cn(CCNC(=O)C2CCC(F)(F)CC2)cn1. The second-order valence-corrected chi connectivity index (χ2v) is 5.22. The molecule has 116 valence electrons. The molecule has 0 saturated heterocycles. The number of rotatable bonds is 5. The van der Waals surface area contributed by atoms with E-state index in [4.69, 9.17) is 5.11 Å². The van der Waals surface area contributed by atoms with Gasteiger partial charge in [0.05, 0.1) is 6.33 Å². The van der Waals surface area contributed by atoms with Gasteiger partial charge in [0.1, 0.15) is 0 Å².